The SMILES string of the molecule is c1ccc(-c2c3ccccc3c(-c3c4oc5ccccc5c4cc4ccsc34)c3ccccc23)cc1. The summed E-state index contributed by atoms with van der Waals surface area (Å²) in [7, 11) is 0. The van der Waals surface area contributed by atoms with Crippen molar-refractivity contribution in [2.75, 3.05) is 0 Å². The standard InChI is InChI=1S/C34H20OS/c1-2-10-21(11-3-1)30-24-13-4-6-15-26(24)31(27-16-7-5-14-25(27)30)32-33-28(20-22-18-19-36-34(22)32)23-12-8-9-17-29(23)35-33/h1-20H. The summed E-state index contributed by atoms with van der Waals surface area (Å²) in [5, 5.41) is 10.8. The van der Waals surface area contributed by atoms with Crippen LogP contribution in [0.3, 0.4) is 0 Å². The minimum Gasteiger partial charge on any atom is -0.455 e. The molecule has 36 heavy (non-hydrogen) atoms. The quantitative estimate of drug-likeness (QED) is 0.226. The van der Waals surface area contributed by atoms with E-state index in [9.17, 15) is 0 Å². The van der Waals surface area contributed by atoms with Gasteiger partial charge in [-0.25, -0.2) is 0 Å². The molecule has 2 heterocycles. The Bertz CT molecular complexity index is 2040. The van der Waals surface area contributed by atoms with Crippen molar-refractivity contribution in [3.05, 3.63) is 121 Å². The summed E-state index contributed by atoms with van der Waals surface area (Å²) in [5.74, 6) is 0. The predicted molar refractivity (Wildman–Crippen MR) is 155 cm³/mol. The second kappa shape index (κ2) is 7.55. The average molecular weight is 477 g/mol. The Morgan fingerprint density at radius 2 is 1.06 bits per heavy atom. The van der Waals surface area contributed by atoms with E-state index in [1.807, 2.05) is 6.07 Å². The van der Waals surface area contributed by atoms with Gasteiger partial charge in [-0.05, 0) is 61.6 Å². The number of thiophene rings is 1. The lowest BCUT2D eigenvalue weighted by Crippen LogP contribution is -1.91. The summed E-state index contributed by atoms with van der Waals surface area (Å²) in [6, 6.07) is 41.3. The van der Waals surface area contributed by atoms with Crippen molar-refractivity contribution in [1.29, 1.82) is 0 Å². The first-order valence-corrected chi connectivity index (χ1v) is 13.1. The molecule has 168 valence electrons. The number of hydrogen-bond acceptors (Lipinski definition) is 2. The summed E-state index contributed by atoms with van der Waals surface area (Å²) < 4.78 is 7.90. The van der Waals surface area contributed by atoms with Crippen LogP contribution in [-0.4, -0.2) is 0 Å². The topological polar surface area (TPSA) is 13.1 Å². The molecule has 0 radical (unpaired) electrons. The molecular formula is C34H20OS. The number of furan rings is 1. The van der Waals surface area contributed by atoms with E-state index in [4.69, 9.17) is 4.42 Å². The molecule has 0 aliphatic rings. The number of para-hydroxylation sites is 1. The van der Waals surface area contributed by atoms with Gasteiger partial charge >= 0.3 is 0 Å². The molecule has 8 rings (SSSR count). The minimum absolute atomic E-state index is 0.931. The molecule has 0 N–H and O–H groups in total. The molecule has 8 aromatic rings. The number of hydrogen-bond donors (Lipinski definition) is 0. The van der Waals surface area contributed by atoms with Gasteiger partial charge < -0.3 is 4.42 Å². The van der Waals surface area contributed by atoms with Crippen molar-refractivity contribution in [2.24, 2.45) is 0 Å². The van der Waals surface area contributed by atoms with Crippen molar-refractivity contribution in [3.63, 3.8) is 0 Å². The molecule has 0 aliphatic heterocycles. The van der Waals surface area contributed by atoms with Gasteiger partial charge in [-0.15, -0.1) is 11.3 Å². The molecular weight excluding hydrogens is 456 g/mol. The van der Waals surface area contributed by atoms with Crippen molar-refractivity contribution >= 4 is 64.9 Å². The van der Waals surface area contributed by atoms with Crippen LogP contribution in [0.5, 0.6) is 0 Å². The van der Waals surface area contributed by atoms with Crippen LogP contribution in [0, 0.1) is 0 Å². The molecule has 0 spiro atoms. The lowest BCUT2D eigenvalue weighted by atomic mass is 9.85. The van der Waals surface area contributed by atoms with Crippen molar-refractivity contribution in [3.8, 4) is 22.3 Å². The van der Waals surface area contributed by atoms with Gasteiger partial charge in [0.15, 0.2) is 0 Å². The lowest BCUT2D eigenvalue weighted by Gasteiger charge is -2.18. The summed E-state index contributed by atoms with van der Waals surface area (Å²) >= 11 is 1.79. The molecule has 0 fully saturated rings. The second-order valence-electron chi connectivity index (χ2n) is 9.27. The Kier molecular flexibility index (Phi) is 4.16. The van der Waals surface area contributed by atoms with E-state index in [0.29, 0.717) is 0 Å². The van der Waals surface area contributed by atoms with Gasteiger partial charge in [0.05, 0.1) is 0 Å². The van der Waals surface area contributed by atoms with Crippen LogP contribution >= 0.6 is 11.3 Å². The maximum Gasteiger partial charge on any atom is 0.144 e. The highest BCUT2D eigenvalue weighted by atomic mass is 32.1. The van der Waals surface area contributed by atoms with E-state index in [2.05, 4.69) is 115 Å². The maximum atomic E-state index is 6.63. The summed E-state index contributed by atoms with van der Waals surface area (Å²) in [6.07, 6.45) is 0. The normalized spacial score (nSPS) is 11.9. The minimum atomic E-state index is 0.931. The Labute approximate surface area is 211 Å². The average Bonchev–Trinajstić information content (AvgIpc) is 3.56. The molecule has 2 heteroatoms. The van der Waals surface area contributed by atoms with E-state index < -0.39 is 0 Å². The monoisotopic (exact) mass is 476 g/mol. The van der Waals surface area contributed by atoms with E-state index in [1.54, 1.807) is 11.3 Å². The van der Waals surface area contributed by atoms with E-state index in [-0.39, 0.29) is 0 Å². The van der Waals surface area contributed by atoms with Crippen LogP contribution in [0.2, 0.25) is 0 Å². The third-order valence-corrected chi connectivity index (χ3v) is 8.28. The highest BCUT2D eigenvalue weighted by Crippen LogP contribution is 2.49. The zero-order valence-corrected chi connectivity index (χ0v) is 20.2. The smallest absolute Gasteiger partial charge is 0.144 e. The first-order chi connectivity index (χ1) is 17.9. The Morgan fingerprint density at radius 1 is 0.472 bits per heavy atom. The molecule has 0 unspecified atom stereocenters. The predicted octanol–water partition coefficient (Wildman–Crippen LogP) is 10.4. The summed E-state index contributed by atoms with van der Waals surface area (Å²) in [5.41, 5.74) is 6.86. The number of benzene rings is 6. The van der Waals surface area contributed by atoms with Crippen LogP contribution in [0.1, 0.15) is 0 Å². The molecule has 0 saturated heterocycles. The van der Waals surface area contributed by atoms with Gasteiger partial charge in [0.1, 0.15) is 11.2 Å². The van der Waals surface area contributed by atoms with Gasteiger partial charge in [0.25, 0.3) is 0 Å². The number of rotatable bonds is 2. The van der Waals surface area contributed by atoms with Crippen LogP contribution in [0.4, 0.5) is 0 Å². The highest BCUT2D eigenvalue weighted by Gasteiger charge is 2.22. The Morgan fingerprint density at radius 3 is 1.75 bits per heavy atom. The van der Waals surface area contributed by atoms with Gasteiger partial charge in [0.2, 0.25) is 0 Å². The van der Waals surface area contributed by atoms with E-state index in [1.165, 1.54) is 59.3 Å². The van der Waals surface area contributed by atoms with E-state index >= 15 is 0 Å². The van der Waals surface area contributed by atoms with Crippen molar-refractivity contribution in [2.45, 2.75) is 0 Å². The Balaban J connectivity index is 1.64. The van der Waals surface area contributed by atoms with Gasteiger partial charge in [-0.2, -0.15) is 0 Å². The largest absolute Gasteiger partial charge is 0.455 e. The fourth-order valence-electron chi connectivity index (χ4n) is 5.83. The summed E-state index contributed by atoms with van der Waals surface area (Å²) in [4.78, 5) is 0. The van der Waals surface area contributed by atoms with Crippen molar-refractivity contribution in [1.82, 2.24) is 0 Å². The Hall–Kier alpha value is -4.40. The van der Waals surface area contributed by atoms with Crippen LogP contribution in [0.25, 0.3) is 75.8 Å². The van der Waals surface area contributed by atoms with Crippen LogP contribution in [0.15, 0.2) is 125 Å². The van der Waals surface area contributed by atoms with Crippen LogP contribution in [-0.2, 0) is 0 Å². The molecule has 2 aromatic heterocycles. The maximum absolute atomic E-state index is 6.63. The first kappa shape index (κ1) is 19.9. The fraction of sp³-hybridized carbons (Fsp3) is 0. The third-order valence-electron chi connectivity index (χ3n) is 7.33. The summed E-state index contributed by atoms with van der Waals surface area (Å²) in [6.45, 7) is 0. The van der Waals surface area contributed by atoms with Gasteiger partial charge in [-0.1, -0.05) is 97.1 Å². The molecule has 0 bridgehead atoms. The zero-order valence-electron chi connectivity index (χ0n) is 19.4. The van der Waals surface area contributed by atoms with Crippen LogP contribution < -0.4 is 0 Å². The second-order valence-corrected chi connectivity index (χ2v) is 10.2. The first-order valence-electron chi connectivity index (χ1n) is 12.2. The molecule has 0 aliphatic carbocycles. The highest BCUT2D eigenvalue weighted by molar-refractivity contribution is 7.18. The van der Waals surface area contributed by atoms with Crippen molar-refractivity contribution < 1.29 is 4.42 Å². The molecule has 0 saturated carbocycles. The molecule has 1 nitrogen and oxygen atoms in total. The molecule has 0 atom stereocenters. The van der Waals surface area contributed by atoms with Gasteiger partial charge in [0, 0.05) is 26.6 Å². The number of fused-ring (bicyclic) bond motifs is 6. The molecule has 0 amide bonds. The molecule has 6 aromatic carbocycles. The fourth-order valence-corrected chi connectivity index (χ4v) is 6.76. The lowest BCUT2D eigenvalue weighted by molar-refractivity contribution is 0.670. The zero-order chi connectivity index (χ0) is 23.6. The third kappa shape index (κ3) is 2.71. The van der Waals surface area contributed by atoms with E-state index in [0.717, 1.165) is 16.6 Å². The van der Waals surface area contributed by atoms with Gasteiger partial charge in [-0.3, -0.25) is 0 Å².